The highest BCUT2D eigenvalue weighted by molar-refractivity contribution is 6.07. The number of aromatic carboxylic acids is 1. The summed E-state index contributed by atoms with van der Waals surface area (Å²) in [7, 11) is 0. The summed E-state index contributed by atoms with van der Waals surface area (Å²) < 4.78 is 0. The van der Waals surface area contributed by atoms with Crippen LogP contribution in [0.2, 0.25) is 0 Å². The van der Waals surface area contributed by atoms with E-state index >= 15 is 0 Å². The van der Waals surface area contributed by atoms with E-state index in [1.165, 1.54) is 23.3 Å². The molecule has 1 aliphatic heterocycles. The molecule has 4 rings (SSSR count). The van der Waals surface area contributed by atoms with Gasteiger partial charge in [-0.25, -0.2) is 4.79 Å². The van der Waals surface area contributed by atoms with Gasteiger partial charge in [-0.1, -0.05) is 45.9 Å². The van der Waals surface area contributed by atoms with Crippen molar-refractivity contribution in [1.29, 1.82) is 0 Å². The number of nitrogens with zero attached hydrogens (tertiary/aromatic N) is 1. The van der Waals surface area contributed by atoms with Gasteiger partial charge < -0.3 is 15.5 Å². The second kappa shape index (κ2) is 10.8. The van der Waals surface area contributed by atoms with Crippen LogP contribution in [-0.2, 0) is 15.6 Å². The van der Waals surface area contributed by atoms with Crippen LogP contribution in [0.5, 0.6) is 0 Å². The Bertz CT molecular complexity index is 1260. The van der Waals surface area contributed by atoms with Gasteiger partial charge in [-0.3, -0.25) is 14.5 Å². The number of aliphatic carboxylic acids is 1. The molecular formula is C31H38N2O5. The molecule has 3 N–H and O–H groups in total. The predicted molar refractivity (Wildman–Crippen MR) is 148 cm³/mol. The number of carboxylic acids is 2. The number of nitrogens with one attached hydrogen (secondary N) is 1. The summed E-state index contributed by atoms with van der Waals surface area (Å²) in [6.07, 6.45) is 5.46. The molecule has 1 saturated heterocycles. The van der Waals surface area contributed by atoms with Gasteiger partial charge in [0.25, 0.3) is 0 Å². The van der Waals surface area contributed by atoms with Crippen molar-refractivity contribution >= 4 is 23.8 Å². The van der Waals surface area contributed by atoms with Gasteiger partial charge in [-0.15, -0.1) is 0 Å². The molecule has 1 atom stereocenters. The van der Waals surface area contributed by atoms with Crippen LogP contribution in [0.25, 0.3) is 6.08 Å². The average Bonchev–Trinajstić information content (AvgIpc) is 2.88. The largest absolute Gasteiger partial charge is 0.481 e. The van der Waals surface area contributed by atoms with Gasteiger partial charge in [0.15, 0.2) is 5.78 Å². The maximum atomic E-state index is 13.5. The first kappa shape index (κ1) is 27.7. The van der Waals surface area contributed by atoms with Gasteiger partial charge in [-0.05, 0) is 76.3 Å². The Labute approximate surface area is 224 Å². The molecule has 38 heavy (non-hydrogen) atoms. The zero-order chi connectivity index (χ0) is 27.7. The smallest absolute Gasteiger partial charge is 0.335 e. The van der Waals surface area contributed by atoms with Crippen LogP contribution in [0, 0.1) is 0 Å². The van der Waals surface area contributed by atoms with Gasteiger partial charge in [0.2, 0.25) is 0 Å². The van der Waals surface area contributed by atoms with Crippen molar-refractivity contribution in [3.8, 4) is 0 Å². The van der Waals surface area contributed by atoms with E-state index in [0.717, 1.165) is 37.1 Å². The fourth-order valence-corrected chi connectivity index (χ4v) is 5.74. The minimum absolute atomic E-state index is 0.000220. The molecule has 1 fully saturated rings. The van der Waals surface area contributed by atoms with E-state index in [-0.39, 0.29) is 34.6 Å². The summed E-state index contributed by atoms with van der Waals surface area (Å²) in [6, 6.07) is 10.5. The molecule has 0 aromatic heterocycles. The number of allylic oxidation sites excluding steroid dienone is 1. The maximum Gasteiger partial charge on any atom is 0.335 e. The molecule has 0 bridgehead atoms. The fraction of sp³-hybridized carbons (Fsp3) is 0.452. The number of benzene rings is 2. The average molecular weight is 519 g/mol. The number of ketones is 1. The van der Waals surface area contributed by atoms with Crippen LogP contribution in [0.15, 0.2) is 42.5 Å². The second-order valence-corrected chi connectivity index (χ2v) is 11.8. The topological polar surface area (TPSA) is 107 Å². The van der Waals surface area contributed by atoms with E-state index in [1.807, 2.05) is 6.07 Å². The summed E-state index contributed by atoms with van der Waals surface area (Å²) >= 11 is 0. The van der Waals surface area contributed by atoms with Crippen LogP contribution in [-0.4, -0.2) is 59.0 Å². The third kappa shape index (κ3) is 6.05. The lowest BCUT2D eigenvalue weighted by Crippen LogP contribution is -2.47. The minimum Gasteiger partial charge on any atom is -0.481 e. The molecule has 0 saturated carbocycles. The predicted octanol–water partition coefficient (Wildman–Crippen LogP) is 5.05. The summed E-state index contributed by atoms with van der Waals surface area (Å²) in [5.41, 5.74) is 5.10. The van der Waals surface area contributed by atoms with Gasteiger partial charge >= 0.3 is 11.9 Å². The number of carboxylic acid groups (broad SMARTS) is 2. The Morgan fingerprint density at radius 1 is 1.00 bits per heavy atom. The van der Waals surface area contributed by atoms with Crippen LogP contribution in [0.1, 0.15) is 96.0 Å². The quantitative estimate of drug-likeness (QED) is 0.332. The van der Waals surface area contributed by atoms with Crippen molar-refractivity contribution in [3.63, 3.8) is 0 Å². The zero-order valence-corrected chi connectivity index (χ0v) is 22.7. The highest BCUT2D eigenvalue weighted by atomic mass is 16.4. The van der Waals surface area contributed by atoms with Crippen LogP contribution >= 0.6 is 0 Å². The number of hydrogen-bond acceptors (Lipinski definition) is 5. The Balaban J connectivity index is 1.71. The third-order valence-corrected chi connectivity index (χ3v) is 8.10. The number of fused-ring (bicyclic) bond motifs is 1. The van der Waals surface area contributed by atoms with E-state index in [1.54, 1.807) is 24.3 Å². The monoisotopic (exact) mass is 518 g/mol. The van der Waals surface area contributed by atoms with E-state index in [4.69, 9.17) is 10.2 Å². The molecule has 1 aliphatic carbocycles. The number of carbonyl (C=O) groups excluding carboxylic acids is 1. The standard InChI is InChI=1S/C31H38N2O5/c1-30(2)12-13-31(3,4)28-23(25-19-33(16-14-32-25)15-11-27(35)36)17-22(18-24(28)30)26(34)10-7-20-5-8-21(9-6-20)29(37)38/h5-10,17-18,25,32H,11-16,19H2,1-4H3,(H,35,36)(H,37,38)/b10-7+. The first-order valence-electron chi connectivity index (χ1n) is 13.3. The number of carbonyl (C=O) groups is 3. The van der Waals surface area contributed by atoms with E-state index in [9.17, 15) is 14.4 Å². The van der Waals surface area contributed by atoms with Crippen LogP contribution in [0.4, 0.5) is 0 Å². The maximum absolute atomic E-state index is 13.5. The highest BCUT2D eigenvalue weighted by Crippen LogP contribution is 2.49. The summed E-state index contributed by atoms with van der Waals surface area (Å²) in [5.74, 6) is -1.88. The Hall–Kier alpha value is -3.29. The third-order valence-electron chi connectivity index (χ3n) is 8.10. The first-order valence-corrected chi connectivity index (χ1v) is 13.3. The van der Waals surface area contributed by atoms with E-state index in [2.05, 4.69) is 44.0 Å². The van der Waals surface area contributed by atoms with Gasteiger partial charge in [0.1, 0.15) is 0 Å². The van der Waals surface area contributed by atoms with Gasteiger partial charge in [0, 0.05) is 37.8 Å². The fourth-order valence-electron chi connectivity index (χ4n) is 5.74. The van der Waals surface area contributed by atoms with Crippen molar-refractivity contribution in [1.82, 2.24) is 10.2 Å². The molecule has 0 spiro atoms. The van der Waals surface area contributed by atoms with Crippen molar-refractivity contribution < 1.29 is 24.6 Å². The Morgan fingerprint density at radius 3 is 2.34 bits per heavy atom. The lowest BCUT2D eigenvalue weighted by molar-refractivity contribution is -0.137. The van der Waals surface area contributed by atoms with Crippen molar-refractivity contribution in [3.05, 3.63) is 75.9 Å². The van der Waals surface area contributed by atoms with Crippen molar-refractivity contribution in [2.24, 2.45) is 0 Å². The lowest BCUT2D eigenvalue weighted by Gasteiger charge is -2.45. The second-order valence-electron chi connectivity index (χ2n) is 11.8. The molecule has 1 unspecified atom stereocenters. The van der Waals surface area contributed by atoms with Gasteiger partial charge in [0.05, 0.1) is 12.0 Å². The molecule has 2 aromatic carbocycles. The molecule has 202 valence electrons. The molecule has 2 aliphatic rings. The van der Waals surface area contributed by atoms with E-state index in [0.29, 0.717) is 18.7 Å². The lowest BCUT2D eigenvalue weighted by atomic mass is 9.61. The SMILES string of the molecule is CC1(C)CCC(C)(C)c2c(C3CN(CCC(=O)O)CCN3)cc(C(=O)/C=C/c3ccc(C(=O)O)cc3)cc21. The Kier molecular flexibility index (Phi) is 7.90. The summed E-state index contributed by atoms with van der Waals surface area (Å²) in [4.78, 5) is 37.9. The zero-order valence-electron chi connectivity index (χ0n) is 22.7. The number of piperazine rings is 1. The summed E-state index contributed by atoms with van der Waals surface area (Å²) in [6.45, 7) is 11.8. The highest BCUT2D eigenvalue weighted by Gasteiger charge is 2.41. The molecular weight excluding hydrogens is 480 g/mol. The molecule has 7 heteroatoms. The molecule has 0 amide bonds. The van der Waals surface area contributed by atoms with Crippen LogP contribution < -0.4 is 5.32 Å². The molecule has 0 radical (unpaired) electrons. The molecule has 2 aromatic rings. The number of rotatable bonds is 8. The minimum atomic E-state index is -0.985. The normalized spacial score (nSPS) is 20.7. The van der Waals surface area contributed by atoms with Crippen molar-refractivity contribution in [2.45, 2.75) is 63.8 Å². The van der Waals surface area contributed by atoms with Gasteiger partial charge in [-0.2, -0.15) is 0 Å². The number of hydrogen-bond donors (Lipinski definition) is 3. The molecule has 7 nitrogen and oxygen atoms in total. The first-order chi connectivity index (χ1) is 17.9. The summed E-state index contributed by atoms with van der Waals surface area (Å²) in [5, 5.41) is 21.9. The van der Waals surface area contributed by atoms with Crippen molar-refractivity contribution in [2.75, 3.05) is 26.2 Å². The Morgan fingerprint density at radius 2 is 1.68 bits per heavy atom. The van der Waals surface area contributed by atoms with Crippen LogP contribution in [0.3, 0.4) is 0 Å². The van der Waals surface area contributed by atoms with E-state index < -0.39 is 11.9 Å². The molecule has 1 heterocycles.